The van der Waals surface area contributed by atoms with Crippen LogP contribution in [0.1, 0.15) is 139 Å². The Morgan fingerprint density at radius 2 is 1.58 bits per heavy atom. The SMILES string of the molecule is CC[C@H](O)[C@@H](C)[C@H]1O[C@@H]1C[C@@](C)(O)/C=C/C=C(\C)[C@H]1OC(=O)C[C@H](O)CC[C@@](C)(OC(C)=O)[C@@H](OC(=O)N2CCN(CCNC(=O)OCc3ccc(NC(=O)[C@H](CCCNC(N)=O)NC(=O)C(NC(=O)CCCCCN4C(=O)C=CC4=O)C(C)C)cc3)CC2)/C=C/[C@@H]1C. The molecule has 12 atom stereocenters. The fraction of sp³-hybridized carbons (Fsp3) is 0.636. The van der Waals surface area contributed by atoms with Crippen LogP contribution in [0, 0.1) is 17.8 Å². The highest BCUT2D eigenvalue weighted by Gasteiger charge is 2.47. The molecule has 0 radical (unpaired) electrons. The second-order valence-electron chi connectivity index (χ2n) is 25.3. The van der Waals surface area contributed by atoms with Gasteiger partial charge in [-0.05, 0) is 101 Å². The molecule has 1 aromatic carbocycles. The number of aliphatic hydroxyl groups is 3. The topological polar surface area (TPSA) is 377 Å². The summed E-state index contributed by atoms with van der Waals surface area (Å²) in [7, 11) is 0. The number of primary amides is 1. The number of piperazine rings is 1. The summed E-state index contributed by atoms with van der Waals surface area (Å²) in [5.74, 6) is -4.50. The van der Waals surface area contributed by atoms with Gasteiger partial charge in [-0.25, -0.2) is 14.4 Å². The first-order valence-electron chi connectivity index (χ1n) is 32.3. The number of imide groups is 1. The number of carbonyl (C=O) groups excluding carboxylic acids is 10. The zero-order valence-corrected chi connectivity index (χ0v) is 55.2. The van der Waals surface area contributed by atoms with Gasteiger partial charge in [0.15, 0.2) is 6.10 Å². The number of nitrogens with one attached hydrogen (secondary N) is 5. The van der Waals surface area contributed by atoms with Crippen molar-refractivity contribution in [2.45, 2.75) is 199 Å². The summed E-state index contributed by atoms with van der Waals surface area (Å²) in [6.07, 6.45) is 8.08. The second-order valence-corrected chi connectivity index (χ2v) is 25.3. The lowest BCUT2D eigenvalue weighted by atomic mass is 9.88. The van der Waals surface area contributed by atoms with Crippen molar-refractivity contribution in [1.82, 2.24) is 36.0 Å². The number of cyclic esters (lactones) is 1. The largest absolute Gasteiger partial charge is 0.457 e. The molecule has 5 rings (SSSR count). The minimum Gasteiger partial charge on any atom is -0.457 e. The van der Waals surface area contributed by atoms with E-state index in [2.05, 4.69) is 31.5 Å². The first kappa shape index (κ1) is 76.0. The van der Waals surface area contributed by atoms with Crippen LogP contribution in [-0.2, 0) is 63.9 Å². The molecule has 10 N–H and O–H groups in total. The fourth-order valence-electron chi connectivity index (χ4n) is 11.2. The van der Waals surface area contributed by atoms with Gasteiger partial charge in [0.05, 0.1) is 36.4 Å². The second kappa shape index (κ2) is 36.7. The molecule has 9 amide bonds. The van der Waals surface area contributed by atoms with Crippen LogP contribution < -0.4 is 32.3 Å². The number of hydrogen-bond acceptors (Lipinski definition) is 19. The van der Waals surface area contributed by atoms with Gasteiger partial charge in [0.1, 0.15) is 30.4 Å². The van der Waals surface area contributed by atoms with E-state index in [0.29, 0.717) is 68.6 Å². The highest BCUT2D eigenvalue weighted by molar-refractivity contribution is 6.12. The average Bonchev–Trinajstić information content (AvgIpc) is 1.78. The molecule has 27 heteroatoms. The molecular formula is C66H99N9O18. The molecule has 2 saturated heterocycles. The van der Waals surface area contributed by atoms with E-state index in [-0.39, 0.29) is 120 Å². The van der Waals surface area contributed by atoms with Crippen molar-refractivity contribution >= 4 is 65.4 Å². The molecule has 516 valence electrons. The highest BCUT2D eigenvalue weighted by Crippen LogP contribution is 2.38. The highest BCUT2D eigenvalue weighted by atomic mass is 16.6. The van der Waals surface area contributed by atoms with Crippen LogP contribution in [0.5, 0.6) is 0 Å². The number of alkyl carbamates (subject to hydrolysis) is 1. The van der Waals surface area contributed by atoms with Gasteiger partial charge in [0.2, 0.25) is 17.7 Å². The van der Waals surface area contributed by atoms with Crippen molar-refractivity contribution < 1.29 is 86.9 Å². The Kier molecular flexibility index (Phi) is 30.0. The number of nitrogens with two attached hydrogens (primary N) is 1. The standard InChI is InChI=1S/C66H99N9O18/c1-10-50(78)44(6)59-51(90-59)39-65(8,88)28-14-16-42(4)58-43(5)19-24-52(66(9,93-45(7)76)29-27-48(77)38-56(82)92-58)91-64(87)74-36-34-73(35-37-74)33-31-69-63(86)89-40-46-20-22-47(23-21-46)70-60(83)49(17-15-30-68-62(67)85)71-61(84)57(41(2)3)72-53(79)18-12-11-13-32-75-54(80)25-26-55(75)81/h14,16,19-26,28,41,43-44,48-52,57-59,77-78,88H,10-13,15,17-18,27,29-40H2,1-9H3,(H,69,86)(H,70,83)(H,71,84)(H,72,79)(H3,67,68,85)/b24-19+,28-14+,42-16+/t43-,44+,48+,49-,50-,51+,52-,57?,58+,59+,65-,66+/m0/s1. The molecule has 4 heterocycles. The molecule has 4 aliphatic rings. The van der Waals surface area contributed by atoms with Gasteiger partial charge in [0, 0.05) is 102 Å². The number of urea groups is 1. The number of aliphatic hydroxyl groups excluding tert-OH is 2. The normalized spacial score (nSPS) is 24.4. The number of amides is 9. The first-order chi connectivity index (χ1) is 44.0. The van der Waals surface area contributed by atoms with E-state index in [1.165, 1.54) is 24.0 Å². The Hall–Kier alpha value is -7.72. The third-order valence-corrected chi connectivity index (χ3v) is 16.9. The molecule has 1 unspecified atom stereocenters. The lowest BCUT2D eigenvalue weighted by Crippen LogP contribution is -2.54. The van der Waals surface area contributed by atoms with E-state index in [0.717, 1.165) is 4.90 Å². The minimum absolute atomic E-state index is 0.00545. The van der Waals surface area contributed by atoms with Crippen LogP contribution >= 0.6 is 0 Å². The number of benzene rings is 1. The summed E-state index contributed by atoms with van der Waals surface area (Å²) < 4.78 is 29.2. The molecule has 0 bridgehead atoms. The molecule has 0 aromatic heterocycles. The quantitative estimate of drug-likeness (QED) is 0.00950. The van der Waals surface area contributed by atoms with Crippen molar-refractivity contribution in [1.29, 1.82) is 0 Å². The van der Waals surface area contributed by atoms with E-state index in [1.807, 2.05) is 20.8 Å². The monoisotopic (exact) mass is 1310 g/mol. The summed E-state index contributed by atoms with van der Waals surface area (Å²) in [5.41, 5.74) is 4.12. The van der Waals surface area contributed by atoms with Crippen LogP contribution in [0.15, 0.2) is 72.4 Å². The molecule has 2 fully saturated rings. The van der Waals surface area contributed by atoms with Crippen molar-refractivity contribution in [3.63, 3.8) is 0 Å². The van der Waals surface area contributed by atoms with E-state index in [4.69, 9.17) is 29.4 Å². The minimum atomic E-state index is -1.45. The summed E-state index contributed by atoms with van der Waals surface area (Å²) in [6, 6.07) is 3.69. The third-order valence-electron chi connectivity index (χ3n) is 16.9. The van der Waals surface area contributed by atoms with Crippen molar-refractivity contribution in [3.8, 4) is 0 Å². The van der Waals surface area contributed by atoms with Gasteiger partial charge in [-0.1, -0.05) is 77.5 Å². The molecule has 0 saturated carbocycles. The summed E-state index contributed by atoms with van der Waals surface area (Å²) in [4.78, 5) is 132. The number of hydrogen-bond donors (Lipinski definition) is 9. The predicted octanol–water partition coefficient (Wildman–Crippen LogP) is 4.32. The number of allylic oxidation sites excluding steroid dienone is 2. The molecule has 27 nitrogen and oxygen atoms in total. The van der Waals surface area contributed by atoms with Gasteiger partial charge < -0.3 is 76.2 Å². The maximum atomic E-state index is 14.0. The Labute approximate surface area is 544 Å². The van der Waals surface area contributed by atoms with Crippen LogP contribution in [0.25, 0.3) is 0 Å². The van der Waals surface area contributed by atoms with E-state index < -0.39 is 95.6 Å². The van der Waals surface area contributed by atoms with Crippen molar-refractivity contribution in [2.24, 2.45) is 23.5 Å². The van der Waals surface area contributed by atoms with Crippen LogP contribution in [0.4, 0.5) is 20.1 Å². The number of nitrogens with zero attached hydrogens (tertiary/aromatic N) is 3. The van der Waals surface area contributed by atoms with Crippen molar-refractivity contribution in [3.05, 3.63) is 77.9 Å². The number of anilines is 1. The number of unbranched alkanes of at least 4 members (excludes halogenated alkanes) is 2. The van der Waals surface area contributed by atoms with Gasteiger partial charge in [-0.15, -0.1) is 0 Å². The van der Waals surface area contributed by atoms with Crippen LogP contribution in [-0.4, -0.2) is 202 Å². The Morgan fingerprint density at radius 1 is 0.892 bits per heavy atom. The number of carbonyl (C=O) groups is 10. The summed E-state index contributed by atoms with van der Waals surface area (Å²) >= 11 is 0. The van der Waals surface area contributed by atoms with Gasteiger partial charge in [-0.3, -0.25) is 43.4 Å². The molecule has 0 spiro atoms. The van der Waals surface area contributed by atoms with E-state index >= 15 is 0 Å². The van der Waals surface area contributed by atoms with Gasteiger partial charge >= 0.3 is 30.2 Å². The molecule has 0 aliphatic carbocycles. The maximum Gasteiger partial charge on any atom is 0.410 e. The number of rotatable bonds is 31. The number of ether oxygens (including phenoxy) is 5. The van der Waals surface area contributed by atoms with Gasteiger partial charge in [0.25, 0.3) is 11.8 Å². The molecule has 1 aromatic rings. The lowest BCUT2D eigenvalue weighted by molar-refractivity contribution is -0.168. The Balaban J connectivity index is 1.09. The van der Waals surface area contributed by atoms with E-state index in [9.17, 15) is 63.3 Å². The van der Waals surface area contributed by atoms with Gasteiger partial charge in [-0.2, -0.15) is 0 Å². The lowest BCUT2D eigenvalue weighted by Gasteiger charge is -2.39. The fourth-order valence-corrected chi connectivity index (χ4v) is 11.2. The van der Waals surface area contributed by atoms with Crippen LogP contribution in [0.2, 0.25) is 0 Å². The zero-order valence-electron chi connectivity index (χ0n) is 55.2. The summed E-state index contributed by atoms with van der Waals surface area (Å²) in [5, 5.41) is 46.0. The zero-order chi connectivity index (χ0) is 68.6. The first-order valence-corrected chi connectivity index (χ1v) is 32.3. The number of esters is 2. The Morgan fingerprint density at radius 3 is 2.23 bits per heavy atom. The average molecular weight is 1310 g/mol. The van der Waals surface area contributed by atoms with Crippen LogP contribution in [0.3, 0.4) is 0 Å². The Bertz CT molecular complexity index is 2840. The molecule has 93 heavy (non-hydrogen) atoms. The van der Waals surface area contributed by atoms with Crippen molar-refractivity contribution in [2.75, 3.05) is 57.7 Å². The number of epoxide rings is 1. The summed E-state index contributed by atoms with van der Waals surface area (Å²) in [6.45, 7) is 17.8. The predicted molar refractivity (Wildman–Crippen MR) is 342 cm³/mol. The molecular weight excluding hydrogens is 1210 g/mol. The smallest absolute Gasteiger partial charge is 0.410 e. The van der Waals surface area contributed by atoms with E-state index in [1.54, 1.807) is 89.3 Å². The maximum absolute atomic E-state index is 14.0. The third kappa shape index (κ3) is 25.6. The molecule has 4 aliphatic heterocycles.